The molecule has 0 saturated carbocycles. The molecule has 0 unspecified atom stereocenters. The second-order valence-electron chi connectivity index (χ2n) is 3.99. The van der Waals surface area contributed by atoms with Crippen molar-refractivity contribution in [2.45, 2.75) is 6.92 Å². The van der Waals surface area contributed by atoms with Crippen molar-refractivity contribution in [1.29, 1.82) is 0 Å². The summed E-state index contributed by atoms with van der Waals surface area (Å²) in [6.07, 6.45) is 1.44. The van der Waals surface area contributed by atoms with E-state index in [2.05, 4.69) is 10.3 Å². The summed E-state index contributed by atoms with van der Waals surface area (Å²) < 4.78 is 1.58. The van der Waals surface area contributed by atoms with E-state index in [4.69, 9.17) is 10.6 Å². The van der Waals surface area contributed by atoms with Gasteiger partial charge in [0.2, 0.25) is 0 Å². The molecule has 0 fully saturated rings. The second kappa shape index (κ2) is 5.34. The first-order valence-electron chi connectivity index (χ1n) is 5.68. The number of benzene rings is 1. The summed E-state index contributed by atoms with van der Waals surface area (Å²) in [7, 11) is 1.74. The lowest BCUT2D eigenvalue weighted by Crippen LogP contribution is -2.15. The minimum atomic E-state index is -0.579. The molecule has 6 heteroatoms. The van der Waals surface area contributed by atoms with Crippen LogP contribution in [0.15, 0.2) is 41.7 Å². The fraction of sp³-hybridized carbons (Fsp3) is 0.154. The molecule has 0 spiro atoms. The average Bonchev–Trinajstić information content (AvgIpc) is 2.77. The van der Waals surface area contributed by atoms with E-state index in [0.717, 1.165) is 0 Å². The van der Waals surface area contributed by atoms with Crippen LogP contribution in [0.1, 0.15) is 21.6 Å². The SMILES string of the molecule is Cc1c(C(=O)O/N=C(\N)c2ccccc2)cnn1C. The molecule has 0 aliphatic rings. The monoisotopic (exact) mass is 258 g/mol. The van der Waals surface area contributed by atoms with E-state index >= 15 is 0 Å². The fourth-order valence-electron chi connectivity index (χ4n) is 1.50. The highest BCUT2D eigenvalue weighted by Crippen LogP contribution is 2.08. The maximum Gasteiger partial charge on any atom is 0.369 e. The lowest BCUT2D eigenvalue weighted by molar-refractivity contribution is 0.0515. The largest absolute Gasteiger partial charge is 0.380 e. The van der Waals surface area contributed by atoms with Gasteiger partial charge in [0, 0.05) is 18.3 Å². The summed E-state index contributed by atoms with van der Waals surface area (Å²) in [6, 6.07) is 9.07. The van der Waals surface area contributed by atoms with Crippen molar-refractivity contribution in [2.75, 3.05) is 0 Å². The third-order valence-electron chi connectivity index (χ3n) is 2.75. The first-order chi connectivity index (χ1) is 9.09. The smallest absolute Gasteiger partial charge is 0.369 e. The molecule has 0 atom stereocenters. The predicted octanol–water partition coefficient (Wildman–Crippen LogP) is 1.21. The number of oxime groups is 1. The van der Waals surface area contributed by atoms with Gasteiger partial charge in [-0.3, -0.25) is 4.68 Å². The first-order valence-corrected chi connectivity index (χ1v) is 5.68. The zero-order chi connectivity index (χ0) is 13.8. The quantitative estimate of drug-likeness (QED) is 0.388. The van der Waals surface area contributed by atoms with Gasteiger partial charge >= 0.3 is 5.97 Å². The molecular weight excluding hydrogens is 244 g/mol. The molecular formula is C13H14N4O2. The maximum atomic E-state index is 11.8. The number of nitrogens with zero attached hydrogens (tertiary/aromatic N) is 3. The van der Waals surface area contributed by atoms with E-state index in [1.807, 2.05) is 18.2 Å². The van der Waals surface area contributed by atoms with Crippen molar-refractivity contribution < 1.29 is 9.63 Å². The van der Waals surface area contributed by atoms with E-state index in [0.29, 0.717) is 16.8 Å². The molecule has 0 aliphatic carbocycles. The van der Waals surface area contributed by atoms with Crippen molar-refractivity contribution in [1.82, 2.24) is 9.78 Å². The minimum absolute atomic E-state index is 0.149. The maximum absolute atomic E-state index is 11.8. The number of aromatic nitrogens is 2. The number of rotatable bonds is 3. The number of carbonyl (C=O) groups is 1. The molecule has 0 saturated heterocycles. The lowest BCUT2D eigenvalue weighted by atomic mass is 10.2. The molecule has 0 amide bonds. The van der Waals surface area contributed by atoms with Gasteiger partial charge in [-0.25, -0.2) is 4.79 Å². The van der Waals surface area contributed by atoms with Crippen molar-refractivity contribution in [3.05, 3.63) is 53.3 Å². The zero-order valence-corrected chi connectivity index (χ0v) is 10.7. The highest BCUT2D eigenvalue weighted by molar-refractivity contribution is 5.98. The first kappa shape index (κ1) is 12.8. The molecule has 1 heterocycles. The molecule has 0 aliphatic heterocycles. The number of nitrogens with two attached hydrogens (primary N) is 1. The van der Waals surface area contributed by atoms with Crippen LogP contribution >= 0.6 is 0 Å². The van der Waals surface area contributed by atoms with Gasteiger partial charge < -0.3 is 10.6 Å². The van der Waals surface area contributed by atoms with Crippen LogP contribution in [0.3, 0.4) is 0 Å². The third-order valence-corrected chi connectivity index (χ3v) is 2.75. The molecule has 19 heavy (non-hydrogen) atoms. The Kier molecular flexibility index (Phi) is 3.61. The Balaban J connectivity index is 2.10. The fourth-order valence-corrected chi connectivity index (χ4v) is 1.50. The number of hydrogen-bond acceptors (Lipinski definition) is 4. The minimum Gasteiger partial charge on any atom is -0.380 e. The van der Waals surface area contributed by atoms with Crippen LogP contribution in [0, 0.1) is 6.92 Å². The average molecular weight is 258 g/mol. The Morgan fingerprint density at radius 3 is 2.63 bits per heavy atom. The number of hydrogen-bond donors (Lipinski definition) is 1. The highest BCUT2D eigenvalue weighted by atomic mass is 16.7. The molecule has 1 aromatic heterocycles. The van der Waals surface area contributed by atoms with Gasteiger partial charge in [-0.15, -0.1) is 0 Å². The van der Waals surface area contributed by atoms with E-state index in [1.165, 1.54) is 6.20 Å². The van der Waals surface area contributed by atoms with Gasteiger partial charge in [0.05, 0.1) is 6.20 Å². The van der Waals surface area contributed by atoms with Crippen molar-refractivity contribution in [2.24, 2.45) is 17.9 Å². The molecule has 98 valence electrons. The summed E-state index contributed by atoms with van der Waals surface area (Å²) in [6.45, 7) is 1.77. The Labute approximate surface area is 110 Å². The molecule has 2 N–H and O–H groups in total. The van der Waals surface area contributed by atoms with E-state index < -0.39 is 5.97 Å². The van der Waals surface area contributed by atoms with Crippen LogP contribution in [0.25, 0.3) is 0 Å². The standard InChI is InChI=1S/C13H14N4O2/c1-9-11(8-15-17(9)2)13(18)19-16-12(14)10-6-4-3-5-7-10/h3-8H,1-2H3,(H2,14,16). The molecule has 6 nitrogen and oxygen atoms in total. The van der Waals surface area contributed by atoms with Crippen LogP contribution in [-0.2, 0) is 11.9 Å². The summed E-state index contributed by atoms with van der Waals surface area (Å²) in [5.41, 5.74) is 7.48. The van der Waals surface area contributed by atoms with Crippen LogP contribution in [0.5, 0.6) is 0 Å². The van der Waals surface area contributed by atoms with Crippen molar-refractivity contribution >= 4 is 11.8 Å². The second-order valence-corrected chi connectivity index (χ2v) is 3.99. The highest BCUT2D eigenvalue weighted by Gasteiger charge is 2.14. The Hall–Kier alpha value is -2.63. The van der Waals surface area contributed by atoms with E-state index in [9.17, 15) is 4.79 Å². The van der Waals surface area contributed by atoms with Gasteiger partial charge in [-0.2, -0.15) is 5.10 Å². The summed E-state index contributed by atoms with van der Waals surface area (Å²) >= 11 is 0. The van der Waals surface area contributed by atoms with Crippen LogP contribution in [0.4, 0.5) is 0 Å². The van der Waals surface area contributed by atoms with E-state index in [-0.39, 0.29) is 5.84 Å². The number of aryl methyl sites for hydroxylation is 1. The number of amidine groups is 1. The predicted molar refractivity (Wildman–Crippen MR) is 70.5 cm³/mol. The van der Waals surface area contributed by atoms with Crippen LogP contribution in [0.2, 0.25) is 0 Å². The van der Waals surface area contributed by atoms with Crippen molar-refractivity contribution in [3.63, 3.8) is 0 Å². The van der Waals surface area contributed by atoms with Gasteiger partial charge in [0.15, 0.2) is 5.84 Å². The lowest BCUT2D eigenvalue weighted by Gasteiger charge is -2.00. The van der Waals surface area contributed by atoms with Gasteiger partial charge in [-0.1, -0.05) is 35.5 Å². The Bertz CT molecular complexity index is 617. The van der Waals surface area contributed by atoms with E-state index in [1.54, 1.807) is 30.8 Å². The van der Waals surface area contributed by atoms with Crippen molar-refractivity contribution in [3.8, 4) is 0 Å². The van der Waals surface area contributed by atoms with Gasteiger partial charge in [0.1, 0.15) is 5.56 Å². The topological polar surface area (TPSA) is 82.5 Å². The van der Waals surface area contributed by atoms with Crippen LogP contribution < -0.4 is 5.73 Å². The van der Waals surface area contributed by atoms with Gasteiger partial charge in [0.25, 0.3) is 0 Å². The Morgan fingerprint density at radius 2 is 2.05 bits per heavy atom. The normalized spacial score (nSPS) is 11.4. The van der Waals surface area contributed by atoms with Crippen LogP contribution in [-0.4, -0.2) is 21.6 Å². The molecule has 0 bridgehead atoms. The zero-order valence-electron chi connectivity index (χ0n) is 10.7. The molecule has 1 aromatic carbocycles. The molecule has 2 aromatic rings. The molecule has 2 rings (SSSR count). The summed E-state index contributed by atoms with van der Waals surface area (Å²) in [5.74, 6) is -0.431. The third kappa shape index (κ3) is 2.79. The summed E-state index contributed by atoms with van der Waals surface area (Å²) in [4.78, 5) is 16.6. The number of carbonyl (C=O) groups excluding carboxylic acids is 1. The van der Waals surface area contributed by atoms with Gasteiger partial charge in [-0.05, 0) is 6.92 Å². The Morgan fingerprint density at radius 1 is 1.37 bits per heavy atom. The summed E-state index contributed by atoms with van der Waals surface area (Å²) in [5, 5.41) is 7.59. The molecule has 0 radical (unpaired) electrons.